The van der Waals surface area contributed by atoms with Gasteiger partial charge in [-0.3, -0.25) is 4.90 Å². The molecule has 20 heavy (non-hydrogen) atoms. The molecule has 0 spiro atoms. The maximum absolute atomic E-state index is 5.27. The molecule has 1 N–H and O–H groups in total. The van der Waals surface area contributed by atoms with Crippen molar-refractivity contribution in [2.24, 2.45) is 0 Å². The summed E-state index contributed by atoms with van der Waals surface area (Å²) in [4.78, 5) is 2.46. The Morgan fingerprint density at radius 2 is 2.10 bits per heavy atom. The summed E-state index contributed by atoms with van der Waals surface area (Å²) < 4.78 is 5.27. The van der Waals surface area contributed by atoms with E-state index in [2.05, 4.69) is 48.3 Å². The lowest BCUT2D eigenvalue weighted by atomic mass is 10.1. The number of nitrogens with one attached hydrogen (secondary N) is 1. The van der Waals surface area contributed by atoms with E-state index in [4.69, 9.17) is 4.74 Å². The molecule has 0 aromatic heterocycles. The molecule has 1 aliphatic rings. The number of ether oxygens (including phenoxy) is 1. The Bertz CT molecular complexity index is 404. The van der Waals surface area contributed by atoms with E-state index in [0.29, 0.717) is 6.04 Å². The van der Waals surface area contributed by atoms with Crippen LogP contribution >= 0.6 is 0 Å². The van der Waals surface area contributed by atoms with Crippen LogP contribution in [0.3, 0.4) is 0 Å². The summed E-state index contributed by atoms with van der Waals surface area (Å²) in [5.41, 5.74) is 2.79. The van der Waals surface area contributed by atoms with Gasteiger partial charge in [-0.05, 0) is 37.4 Å². The van der Waals surface area contributed by atoms with Crippen LogP contribution in [0.1, 0.15) is 37.8 Å². The normalized spacial score (nSPS) is 16.6. The first kappa shape index (κ1) is 15.5. The van der Waals surface area contributed by atoms with Gasteiger partial charge >= 0.3 is 0 Å². The summed E-state index contributed by atoms with van der Waals surface area (Å²) in [5, 5.41) is 3.58. The number of benzene rings is 1. The summed E-state index contributed by atoms with van der Waals surface area (Å²) in [6.07, 6.45) is 2.69. The molecule has 1 fully saturated rings. The molecule has 0 aliphatic heterocycles. The van der Waals surface area contributed by atoms with E-state index in [-0.39, 0.29) is 0 Å². The standard InChI is InChI=1S/C17H28N2O/c1-4-19(14(2)13-20-3)12-16-7-5-6-15(10-16)11-18-17-8-9-17/h5-7,10,14,17-18H,4,8-9,11-13H2,1-3H3. The van der Waals surface area contributed by atoms with Crippen LogP contribution in [0.4, 0.5) is 0 Å². The predicted molar refractivity (Wildman–Crippen MR) is 83.7 cm³/mol. The molecule has 0 heterocycles. The zero-order valence-corrected chi connectivity index (χ0v) is 13.1. The van der Waals surface area contributed by atoms with Crippen LogP contribution in [0, 0.1) is 0 Å². The highest BCUT2D eigenvalue weighted by Crippen LogP contribution is 2.19. The maximum Gasteiger partial charge on any atom is 0.0615 e. The number of nitrogens with zero attached hydrogens (tertiary/aromatic N) is 1. The fourth-order valence-corrected chi connectivity index (χ4v) is 2.55. The molecule has 1 aromatic rings. The average molecular weight is 276 g/mol. The van der Waals surface area contributed by atoms with Crippen molar-refractivity contribution in [2.45, 2.75) is 51.9 Å². The first-order chi connectivity index (χ1) is 9.72. The molecule has 1 saturated carbocycles. The van der Waals surface area contributed by atoms with E-state index in [1.54, 1.807) is 7.11 Å². The Hall–Kier alpha value is -0.900. The SMILES string of the molecule is CCN(Cc1cccc(CNC2CC2)c1)C(C)COC. The van der Waals surface area contributed by atoms with Crippen molar-refractivity contribution in [1.29, 1.82) is 0 Å². The molecule has 3 nitrogen and oxygen atoms in total. The van der Waals surface area contributed by atoms with Crippen molar-refractivity contribution < 1.29 is 4.74 Å². The predicted octanol–water partition coefficient (Wildman–Crippen LogP) is 2.80. The van der Waals surface area contributed by atoms with E-state index in [1.807, 2.05) is 0 Å². The van der Waals surface area contributed by atoms with E-state index >= 15 is 0 Å². The number of hydrogen-bond acceptors (Lipinski definition) is 3. The average Bonchev–Trinajstić information content (AvgIpc) is 3.27. The first-order valence-corrected chi connectivity index (χ1v) is 7.77. The van der Waals surface area contributed by atoms with Gasteiger partial charge < -0.3 is 10.1 Å². The largest absolute Gasteiger partial charge is 0.383 e. The van der Waals surface area contributed by atoms with E-state index < -0.39 is 0 Å². The third kappa shape index (κ3) is 4.89. The molecular weight excluding hydrogens is 248 g/mol. The van der Waals surface area contributed by atoms with Gasteiger partial charge in [0.2, 0.25) is 0 Å². The van der Waals surface area contributed by atoms with Gasteiger partial charge in [-0.25, -0.2) is 0 Å². The minimum atomic E-state index is 0.457. The molecule has 1 aliphatic carbocycles. The summed E-state index contributed by atoms with van der Waals surface area (Å²) >= 11 is 0. The number of methoxy groups -OCH3 is 1. The zero-order chi connectivity index (χ0) is 14.4. The van der Waals surface area contributed by atoms with Crippen LogP contribution in [0.25, 0.3) is 0 Å². The number of rotatable bonds is 9. The topological polar surface area (TPSA) is 24.5 Å². The van der Waals surface area contributed by atoms with E-state index in [0.717, 1.165) is 32.3 Å². The summed E-state index contributed by atoms with van der Waals surface area (Å²) in [5.74, 6) is 0. The lowest BCUT2D eigenvalue weighted by Gasteiger charge is -2.27. The molecular formula is C17H28N2O. The molecule has 1 aromatic carbocycles. The molecule has 3 heteroatoms. The van der Waals surface area contributed by atoms with E-state index in [1.165, 1.54) is 24.0 Å². The lowest BCUT2D eigenvalue weighted by Crippen LogP contribution is -2.35. The fourth-order valence-electron chi connectivity index (χ4n) is 2.55. The number of likely N-dealkylation sites (N-methyl/N-ethyl adjacent to an activating group) is 1. The van der Waals surface area contributed by atoms with E-state index in [9.17, 15) is 0 Å². The van der Waals surface area contributed by atoms with Gasteiger partial charge in [0.1, 0.15) is 0 Å². The minimum Gasteiger partial charge on any atom is -0.383 e. The van der Waals surface area contributed by atoms with Gasteiger partial charge in [-0.2, -0.15) is 0 Å². The fraction of sp³-hybridized carbons (Fsp3) is 0.647. The highest BCUT2D eigenvalue weighted by molar-refractivity contribution is 5.23. The molecule has 0 saturated heterocycles. The first-order valence-electron chi connectivity index (χ1n) is 7.77. The van der Waals surface area contributed by atoms with Crippen LogP contribution in [0.2, 0.25) is 0 Å². The monoisotopic (exact) mass is 276 g/mol. The minimum absolute atomic E-state index is 0.457. The van der Waals surface area contributed by atoms with Gasteiger partial charge in [0, 0.05) is 32.3 Å². The van der Waals surface area contributed by atoms with Gasteiger partial charge in [-0.15, -0.1) is 0 Å². The van der Waals surface area contributed by atoms with Gasteiger partial charge in [0.15, 0.2) is 0 Å². The van der Waals surface area contributed by atoms with Crippen LogP contribution in [-0.4, -0.2) is 37.2 Å². The van der Waals surface area contributed by atoms with Crippen molar-refractivity contribution in [3.63, 3.8) is 0 Å². The number of hydrogen-bond donors (Lipinski definition) is 1. The molecule has 2 rings (SSSR count). The van der Waals surface area contributed by atoms with Crippen molar-refractivity contribution >= 4 is 0 Å². The molecule has 0 amide bonds. The Morgan fingerprint density at radius 1 is 1.35 bits per heavy atom. The van der Waals surface area contributed by atoms with Crippen LogP contribution in [-0.2, 0) is 17.8 Å². The van der Waals surface area contributed by atoms with Crippen molar-refractivity contribution in [2.75, 3.05) is 20.3 Å². The van der Waals surface area contributed by atoms with Crippen LogP contribution in [0.15, 0.2) is 24.3 Å². The second-order valence-corrected chi connectivity index (χ2v) is 5.84. The van der Waals surface area contributed by atoms with Crippen LogP contribution in [0.5, 0.6) is 0 Å². The van der Waals surface area contributed by atoms with Crippen LogP contribution < -0.4 is 5.32 Å². The van der Waals surface area contributed by atoms with Gasteiger partial charge in [0.25, 0.3) is 0 Å². The quantitative estimate of drug-likeness (QED) is 0.750. The van der Waals surface area contributed by atoms with Crippen molar-refractivity contribution in [3.05, 3.63) is 35.4 Å². The Labute approximate surface area is 123 Å². The highest BCUT2D eigenvalue weighted by Gasteiger charge is 2.20. The van der Waals surface area contributed by atoms with Gasteiger partial charge in [0.05, 0.1) is 6.61 Å². The Balaban J connectivity index is 1.90. The summed E-state index contributed by atoms with van der Waals surface area (Å²) in [7, 11) is 1.77. The third-order valence-electron chi connectivity index (χ3n) is 3.99. The maximum atomic E-state index is 5.27. The highest BCUT2D eigenvalue weighted by atomic mass is 16.5. The summed E-state index contributed by atoms with van der Waals surface area (Å²) in [6.45, 7) is 8.28. The molecule has 112 valence electrons. The van der Waals surface area contributed by atoms with Gasteiger partial charge in [-0.1, -0.05) is 31.2 Å². The smallest absolute Gasteiger partial charge is 0.0615 e. The molecule has 0 radical (unpaired) electrons. The second-order valence-electron chi connectivity index (χ2n) is 5.84. The van der Waals surface area contributed by atoms with Crippen molar-refractivity contribution in [3.8, 4) is 0 Å². The Kier molecular flexibility index (Phi) is 6.02. The molecule has 0 bridgehead atoms. The zero-order valence-electron chi connectivity index (χ0n) is 13.1. The second kappa shape index (κ2) is 7.77. The third-order valence-corrected chi connectivity index (χ3v) is 3.99. The molecule has 1 atom stereocenters. The lowest BCUT2D eigenvalue weighted by molar-refractivity contribution is 0.0982. The Morgan fingerprint density at radius 3 is 2.75 bits per heavy atom. The molecule has 1 unspecified atom stereocenters. The van der Waals surface area contributed by atoms with Crippen molar-refractivity contribution in [1.82, 2.24) is 10.2 Å². The summed E-state index contributed by atoms with van der Waals surface area (Å²) in [6, 6.07) is 10.2.